The van der Waals surface area contributed by atoms with E-state index >= 15 is 0 Å². The fourth-order valence-electron chi connectivity index (χ4n) is 2.73. The first kappa shape index (κ1) is 14.9. The number of benzene rings is 2. The Morgan fingerprint density at radius 3 is 2.30 bits per heavy atom. The molecule has 0 amide bonds. The van der Waals surface area contributed by atoms with Gasteiger partial charge in [-0.1, -0.05) is 19.9 Å². The van der Waals surface area contributed by atoms with Crippen molar-refractivity contribution >= 4 is 16.6 Å². The molecular formula is C19H16N2O2. The summed E-state index contributed by atoms with van der Waals surface area (Å²) in [5, 5.41) is 21.2. The first-order chi connectivity index (χ1) is 11.0. The van der Waals surface area contributed by atoms with Crippen LogP contribution >= 0.6 is 0 Å². The van der Waals surface area contributed by atoms with Gasteiger partial charge >= 0.3 is 0 Å². The lowest BCUT2D eigenvalue weighted by Gasteiger charge is -2.13. The van der Waals surface area contributed by atoms with E-state index < -0.39 is 0 Å². The number of fused-ring (bicyclic) bond motifs is 1. The van der Waals surface area contributed by atoms with Crippen LogP contribution in [0.25, 0.3) is 26.9 Å². The molecule has 0 saturated heterocycles. The number of nitrogens with zero attached hydrogens (tertiary/aromatic N) is 2. The molecule has 3 rings (SSSR count). The zero-order chi connectivity index (χ0) is 16.6. The van der Waals surface area contributed by atoms with Crippen LogP contribution in [0.5, 0.6) is 11.5 Å². The van der Waals surface area contributed by atoms with Crippen LogP contribution in [0.2, 0.25) is 0 Å². The number of hydrogen-bond donors (Lipinski definition) is 2. The van der Waals surface area contributed by atoms with E-state index in [1.807, 2.05) is 26.0 Å². The highest BCUT2D eigenvalue weighted by molar-refractivity contribution is 5.86. The van der Waals surface area contributed by atoms with Gasteiger partial charge in [0.1, 0.15) is 11.5 Å². The molecule has 114 valence electrons. The van der Waals surface area contributed by atoms with Gasteiger partial charge in [0, 0.05) is 17.3 Å². The van der Waals surface area contributed by atoms with Gasteiger partial charge in [0.25, 0.3) is 0 Å². The van der Waals surface area contributed by atoms with Crippen molar-refractivity contribution < 1.29 is 10.2 Å². The molecule has 2 N–H and O–H groups in total. The predicted molar refractivity (Wildman–Crippen MR) is 90.9 cm³/mol. The first-order valence-corrected chi connectivity index (χ1v) is 7.33. The van der Waals surface area contributed by atoms with Crippen LogP contribution in [0, 0.1) is 6.57 Å². The van der Waals surface area contributed by atoms with Crippen molar-refractivity contribution in [2.45, 2.75) is 19.8 Å². The second-order valence-corrected chi connectivity index (χ2v) is 5.80. The molecule has 4 nitrogen and oxygen atoms in total. The fraction of sp³-hybridized carbons (Fsp3) is 0.158. The standard InChI is InChI=1S/C19H16N2O2/c1-11(2)19-17(22)8-12(9-18(19)23)14-6-13-7-15(20-3)4-5-16(13)21-10-14/h4-11,22-23H,1-2H3. The summed E-state index contributed by atoms with van der Waals surface area (Å²) in [6, 6.07) is 10.5. The number of phenols is 2. The number of aromatic hydroxyl groups is 2. The van der Waals surface area contributed by atoms with Crippen LogP contribution in [0.3, 0.4) is 0 Å². The molecule has 0 bridgehead atoms. The molecule has 0 fully saturated rings. The van der Waals surface area contributed by atoms with E-state index in [-0.39, 0.29) is 17.4 Å². The monoisotopic (exact) mass is 304 g/mol. The van der Waals surface area contributed by atoms with Gasteiger partial charge in [-0.2, -0.15) is 0 Å². The molecule has 0 saturated carbocycles. The summed E-state index contributed by atoms with van der Waals surface area (Å²) >= 11 is 0. The number of aromatic nitrogens is 1. The lowest BCUT2D eigenvalue weighted by Crippen LogP contribution is -1.91. The van der Waals surface area contributed by atoms with Crippen molar-refractivity contribution in [2.24, 2.45) is 0 Å². The smallest absolute Gasteiger partial charge is 0.187 e. The van der Waals surface area contributed by atoms with Gasteiger partial charge in [0.15, 0.2) is 5.69 Å². The van der Waals surface area contributed by atoms with E-state index in [2.05, 4.69) is 9.83 Å². The van der Waals surface area contributed by atoms with Gasteiger partial charge in [0.05, 0.1) is 12.1 Å². The quantitative estimate of drug-likeness (QED) is 0.656. The molecule has 1 aromatic heterocycles. The molecule has 4 heteroatoms. The van der Waals surface area contributed by atoms with Crippen molar-refractivity contribution in [3.63, 3.8) is 0 Å². The number of hydrogen-bond acceptors (Lipinski definition) is 3. The van der Waals surface area contributed by atoms with E-state index in [1.54, 1.807) is 30.5 Å². The second-order valence-electron chi connectivity index (χ2n) is 5.80. The molecule has 0 atom stereocenters. The maximum Gasteiger partial charge on any atom is 0.187 e. The number of pyridine rings is 1. The average molecular weight is 304 g/mol. The van der Waals surface area contributed by atoms with Crippen LogP contribution in [-0.4, -0.2) is 15.2 Å². The Morgan fingerprint density at radius 1 is 1.00 bits per heavy atom. The lowest BCUT2D eigenvalue weighted by molar-refractivity contribution is 0.434. The van der Waals surface area contributed by atoms with E-state index in [0.717, 1.165) is 16.5 Å². The summed E-state index contributed by atoms with van der Waals surface area (Å²) in [5.74, 6) is 0.176. The molecule has 0 radical (unpaired) electrons. The van der Waals surface area contributed by atoms with E-state index in [4.69, 9.17) is 6.57 Å². The highest BCUT2D eigenvalue weighted by atomic mass is 16.3. The Hall–Kier alpha value is -3.06. The molecule has 0 aliphatic heterocycles. The lowest BCUT2D eigenvalue weighted by atomic mass is 9.96. The minimum Gasteiger partial charge on any atom is -0.507 e. The van der Waals surface area contributed by atoms with Gasteiger partial charge in [-0.25, -0.2) is 4.85 Å². The van der Waals surface area contributed by atoms with Crippen LogP contribution in [-0.2, 0) is 0 Å². The third-order valence-corrected chi connectivity index (χ3v) is 3.84. The summed E-state index contributed by atoms with van der Waals surface area (Å²) < 4.78 is 0. The molecule has 2 aromatic carbocycles. The fourth-order valence-corrected chi connectivity index (χ4v) is 2.73. The molecule has 1 heterocycles. The van der Waals surface area contributed by atoms with Crippen LogP contribution < -0.4 is 0 Å². The average Bonchev–Trinajstić information content (AvgIpc) is 2.52. The van der Waals surface area contributed by atoms with Crippen LogP contribution in [0.1, 0.15) is 25.3 Å². The van der Waals surface area contributed by atoms with Crippen LogP contribution in [0.15, 0.2) is 42.6 Å². The van der Waals surface area contributed by atoms with Crippen molar-refractivity contribution in [1.29, 1.82) is 0 Å². The van der Waals surface area contributed by atoms with Crippen molar-refractivity contribution in [3.8, 4) is 22.6 Å². The highest BCUT2D eigenvalue weighted by Crippen LogP contribution is 2.38. The number of rotatable bonds is 2. The van der Waals surface area contributed by atoms with Crippen molar-refractivity contribution in [1.82, 2.24) is 4.98 Å². The molecule has 0 aliphatic carbocycles. The Balaban J connectivity index is 2.15. The molecule has 0 unspecified atom stereocenters. The maximum absolute atomic E-state index is 10.2. The van der Waals surface area contributed by atoms with Crippen molar-refractivity contribution in [3.05, 3.63) is 59.6 Å². The molecule has 23 heavy (non-hydrogen) atoms. The third kappa shape index (κ3) is 2.69. The molecule has 0 spiro atoms. The Kier molecular flexibility index (Phi) is 3.63. The molecule has 0 aliphatic rings. The topological polar surface area (TPSA) is 57.7 Å². The normalized spacial score (nSPS) is 10.9. The van der Waals surface area contributed by atoms with Gasteiger partial charge in [0.2, 0.25) is 0 Å². The minimum absolute atomic E-state index is 0.0278. The van der Waals surface area contributed by atoms with Gasteiger partial charge in [-0.05, 0) is 47.2 Å². The summed E-state index contributed by atoms with van der Waals surface area (Å²) in [4.78, 5) is 7.81. The predicted octanol–water partition coefficient (Wildman–Crippen LogP) is 4.99. The van der Waals surface area contributed by atoms with Crippen molar-refractivity contribution in [2.75, 3.05) is 0 Å². The summed E-state index contributed by atoms with van der Waals surface area (Å²) in [5.41, 5.74) is 3.36. The van der Waals surface area contributed by atoms with Gasteiger partial charge in [-0.3, -0.25) is 4.98 Å². The highest BCUT2D eigenvalue weighted by Gasteiger charge is 2.14. The number of phenolic OH excluding ortho intramolecular Hbond substituents is 2. The first-order valence-electron chi connectivity index (χ1n) is 7.33. The molecule has 3 aromatic rings. The van der Waals surface area contributed by atoms with Gasteiger partial charge in [-0.15, -0.1) is 0 Å². The largest absolute Gasteiger partial charge is 0.507 e. The Bertz CT molecular complexity index is 917. The third-order valence-electron chi connectivity index (χ3n) is 3.84. The zero-order valence-electron chi connectivity index (χ0n) is 12.9. The summed E-state index contributed by atoms with van der Waals surface area (Å²) in [7, 11) is 0. The zero-order valence-corrected chi connectivity index (χ0v) is 12.9. The summed E-state index contributed by atoms with van der Waals surface area (Å²) in [6.45, 7) is 10.9. The minimum atomic E-state index is 0.0278. The second kappa shape index (κ2) is 5.62. The summed E-state index contributed by atoms with van der Waals surface area (Å²) in [6.07, 6.45) is 1.70. The van der Waals surface area contributed by atoms with E-state index in [1.165, 1.54) is 0 Å². The van der Waals surface area contributed by atoms with Crippen LogP contribution in [0.4, 0.5) is 5.69 Å². The maximum atomic E-state index is 10.2. The Morgan fingerprint density at radius 2 is 1.70 bits per heavy atom. The van der Waals surface area contributed by atoms with E-state index in [9.17, 15) is 10.2 Å². The SMILES string of the molecule is [C-]#[N+]c1ccc2ncc(-c3cc(O)c(C(C)C)c(O)c3)cc2c1. The van der Waals surface area contributed by atoms with E-state index in [0.29, 0.717) is 16.8 Å². The Labute approximate surface area is 134 Å². The molecular weight excluding hydrogens is 288 g/mol. The van der Waals surface area contributed by atoms with Gasteiger partial charge < -0.3 is 10.2 Å².